The number of carboxylic acids is 1. The Hall–Kier alpha value is -3.76. The first-order chi connectivity index (χ1) is 17.7. The van der Waals surface area contributed by atoms with Crippen LogP contribution in [0.25, 0.3) is 0 Å². The average Bonchev–Trinajstić information content (AvgIpc) is 2.90. The number of hydrogen-bond acceptors (Lipinski definition) is 6. The summed E-state index contributed by atoms with van der Waals surface area (Å²) in [5.74, 6) is -3.40. The third-order valence-corrected chi connectivity index (χ3v) is 6.19. The zero-order chi connectivity index (χ0) is 27.4. The topological polar surface area (TPSA) is 171 Å². The molecule has 0 radical (unpaired) electrons. The Balaban J connectivity index is 2.29. The molecule has 0 saturated carbocycles. The number of nitrogens with one attached hydrogen (secondary N) is 3. The van der Waals surface area contributed by atoms with Crippen LogP contribution < -0.4 is 21.7 Å². The molecule has 0 fully saturated rings. The van der Waals surface area contributed by atoms with Crippen LogP contribution in [0, 0.1) is 5.92 Å². The molecule has 200 valence electrons. The fourth-order valence-electron chi connectivity index (χ4n) is 3.63. The first-order valence-corrected chi connectivity index (χ1v) is 12.2. The molecule has 0 bridgehead atoms. The van der Waals surface area contributed by atoms with Crippen molar-refractivity contribution in [3.05, 3.63) is 71.8 Å². The van der Waals surface area contributed by atoms with Gasteiger partial charge in [-0.1, -0.05) is 80.9 Å². The van der Waals surface area contributed by atoms with Gasteiger partial charge in [-0.05, 0) is 17.0 Å². The second kappa shape index (κ2) is 14.7. The molecule has 7 N–H and O–H groups in total. The first-order valence-electron chi connectivity index (χ1n) is 12.2. The molecule has 5 unspecified atom stereocenters. The van der Waals surface area contributed by atoms with Gasteiger partial charge < -0.3 is 31.9 Å². The highest BCUT2D eigenvalue weighted by atomic mass is 16.4. The van der Waals surface area contributed by atoms with Crippen molar-refractivity contribution < 1.29 is 29.4 Å². The summed E-state index contributed by atoms with van der Waals surface area (Å²) in [6, 6.07) is 13.4. The lowest BCUT2D eigenvalue weighted by Gasteiger charge is -2.26. The standard InChI is InChI=1S/C27H36N4O6/c1-3-17(2)23(28)26(35)30-21(15-19-12-8-5-9-13-19)24(33)29-20(14-18-10-6-4-7-11-18)25(34)31-22(16-32)27(36)37/h4-13,17,20-23,32H,3,14-16,28H2,1-2H3,(H,29,33)(H,30,35)(H,31,34)(H,36,37). The Morgan fingerprint density at radius 3 is 1.54 bits per heavy atom. The van der Waals surface area contributed by atoms with Gasteiger partial charge in [-0.2, -0.15) is 0 Å². The van der Waals surface area contributed by atoms with E-state index >= 15 is 0 Å². The lowest BCUT2D eigenvalue weighted by Crippen LogP contribution is -2.58. The second-order valence-corrected chi connectivity index (χ2v) is 9.00. The SMILES string of the molecule is CCC(C)C(N)C(=O)NC(Cc1ccccc1)C(=O)NC(Cc1ccccc1)C(=O)NC(CO)C(=O)O. The minimum atomic E-state index is -1.53. The molecule has 10 nitrogen and oxygen atoms in total. The molecule has 0 aliphatic carbocycles. The summed E-state index contributed by atoms with van der Waals surface area (Å²) in [6.45, 7) is 2.94. The summed E-state index contributed by atoms with van der Waals surface area (Å²) in [7, 11) is 0. The minimum Gasteiger partial charge on any atom is -0.480 e. The van der Waals surface area contributed by atoms with Crippen LogP contribution in [0.4, 0.5) is 0 Å². The predicted molar refractivity (Wildman–Crippen MR) is 138 cm³/mol. The van der Waals surface area contributed by atoms with Crippen LogP contribution in [0.2, 0.25) is 0 Å². The highest BCUT2D eigenvalue weighted by Crippen LogP contribution is 2.10. The van der Waals surface area contributed by atoms with Crippen molar-refractivity contribution in [2.45, 2.75) is 57.3 Å². The van der Waals surface area contributed by atoms with Crippen molar-refractivity contribution in [3.8, 4) is 0 Å². The van der Waals surface area contributed by atoms with Gasteiger partial charge in [0, 0.05) is 12.8 Å². The number of rotatable bonds is 14. The summed E-state index contributed by atoms with van der Waals surface area (Å²) in [5.41, 5.74) is 7.59. The molecule has 0 spiro atoms. The van der Waals surface area contributed by atoms with Gasteiger partial charge in [0.1, 0.15) is 18.1 Å². The van der Waals surface area contributed by atoms with E-state index in [1.165, 1.54) is 0 Å². The molecule has 2 aromatic carbocycles. The van der Waals surface area contributed by atoms with Gasteiger partial charge in [0.05, 0.1) is 12.6 Å². The third-order valence-electron chi connectivity index (χ3n) is 6.19. The molecule has 2 aromatic rings. The van der Waals surface area contributed by atoms with E-state index in [9.17, 15) is 29.4 Å². The van der Waals surface area contributed by atoms with Crippen LogP contribution in [0.3, 0.4) is 0 Å². The van der Waals surface area contributed by atoms with Gasteiger partial charge in [0.25, 0.3) is 0 Å². The second-order valence-electron chi connectivity index (χ2n) is 9.00. The number of hydrogen-bond donors (Lipinski definition) is 6. The zero-order valence-corrected chi connectivity index (χ0v) is 21.1. The summed E-state index contributed by atoms with van der Waals surface area (Å²) >= 11 is 0. The summed E-state index contributed by atoms with van der Waals surface area (Å²) in [5, 5.41) is 26.2. The number of aliphatic carboxylic acids is 1. The van der Waals surface area contributed by atoms with E-state index in [-0.39, 0.29) is 18.8 Å². The van der Waals surface area contributed by atoms with E-state index in [4.69, 9.17) is 5.73 Å². The Bertz CT molecular complexity index is 1030. The van der Waals surface area contributed by atoms with Gasteiger partial charge in [-0.15, -0.1) is 0 Å². The lowest BCUT2D eigenvalue weighted by molar-refractivity contribution is -0.143. The zero-order valence-electron chi connectivity index (χ0n) is 21.1. The Morgan fingerprint density at radius 1 is 0.757 bits per heavy atom. The minimum absolute atomic E-state index is 0.0641. The molecule has 3 amide bonds. The van der Waals surface area contributed by atoms with Crippen molar-refractivity contribution in [3.63, 3.8) is 0 Å². The highest BCUT2D eigenvalue weighted by Gasteiger charge is 2.31. The number of carbonyl (C=O) groups excluding carboxylic acids is 3. The first kappa shape index (κ1) is 29.5. The fourth-order valence-corrected chi connectivity index (χ4v) is 3.63. The largest absolute Gasteiger partial charge is 0.480 e. The number of aliphatic hydroxyl groups is 1. The number of carboxylic acid groups (broad SMARTS) is 1. The maximum Gasteiger partial charge on any atom is 0.328 e. The van der Waals surface area contributed by atoms with Crippen LogP contribution in [-0.2, 0) is 32.0 Å². The maximum atomic E-state index is 13.4. The number of aliphatic hydroxyl groups excluding tert-OH is 1. The normalized spacial score (nSPS) is 14.9. The molecule has 2 rings (SSSR count). The number of carbonyl (C=O) groups is 4. The molecular weight excluding hydrogens is 476 g/mol. The van der Waals surface area contributed by atoms with Gasteiger partial charge >= 0.3 is 5.97 Å². The molecule has 0 heterocycles. The monoisotopic (exact) mass is 512 g/mol. The molecule has 37 heavy (non-hydrogen) atoms. The van der Waals surface area contributed by atoms with Crippen molar-refractivity contribution in [1.82, 2.24) is 16.0 Å². The number of nitrogens with two attached hydrogens (primary N) is 1. The maximum absolute atomic E-state index is 13.4. The predicted octanol–water partition coefficient (Wildman–Crippen LogP) is 0.377. The van der Waals surface area contributed by atoms with E-state index in [0.29, 0.717) is 6.42 Å². The molecule has 10 heteroatoms. The van der Waals surface area contributed by atoms with Gasteiger partial charge in [-0.3, -0.25) is 14.4 Å². The van der Waals surface area contributed by atoms with Crippen LogP contribution in [0.5, 0.6) is 0 Å². The summed E-state index contributed by atoms with van der Waals surface area (Å²) in [6.07, 6.45) is 0.896. The molecule has 0 aliphatic rings. The van der Waals surface area contributed by atoms with E-state index in [0.717, 1.165) is 11.1 Å². The van der Waals surface area contributed by atoms with Crippen molar-refractivity contribution in [1.29, 1.82) is 0 Å². The Kier molecular flexibility index (Phi) is 11.7. The average molecular weight is 513 g/mol. The van der Waals surface area contributed by atoms with Crippen LogP contribution in [-0.4, -0.2) is 64.7 Å². The van der Waals surface area contributed by atoms with E-state index in [1.807, 2.05) is 44.2 Å². The van der Waals surface area contributed by atoms with E-state index in [1.54, 1.807) is 30.3 Å². The summed E-state index contributed by atoms with van der Waals surface area (Å²) in [4.78, 5) is 50.6. The number of amides is 3. The fraction of sp³-hybridized carbons (Fsp3) is 0.407. The lowest BCUT2D eigenvalue weighted by atomic mass is 9.98. The highest BCUT2D eigenvalue weighted by molar-refractivity contribution is 5.94. The van der Waals surface area contributed by atoms with Crippen molar-refractivity contribution in [2.75, 3.05) is 6.61 Å². The van der Waals surface area contributed by atoms with Crippen molar-refractivity contribution in [2.24, 2.45) is 11.7 Å². The van der Waals surface area contributed by atoms with E-state index in [2.05, 4.69) is 16.0 Å². The smallest absolute Gasteiger partial charge is 0.328 e. The van der Waals surface area contributed by atoms with Crippen molar-refractivity contribution >= 4 is 23.7 Å². The van der Waals surface area contributed by atoms with Gasteiger partial charge in [-0.25, -0.2) is 4.79 Å². The van der Waals surface area contributed by atoms with Crippen LogP contribution in [0.1, 0.15) is 31.4 Å². The molecular formula is C27H36N4O6. The van der Waals surface area contributed by atoms with Gasteiger partial charge in [0.15, 0.2) is 0 Å². The van der Waals surface area contributed by atoms with Crippen LogP contribution in [0.15, 0.2) is 60.7 Å². The molecule has 5 atom stereocenters. The quantitative estimate of drug-likeness (QED) is 0.212. The van der Waals surface area contributed by atoms with Crippen LogP contribution >= 0.6 is 0 Å². The van der Waals surface area contributed by atoms with E-state index < -0.39 is 54.5 Å². The number of benzene rings is 2. The Labute approximate surface area is 216 Å². The summed E-state index contributed by atoms with van der Waals surface area (Å²) < 4.78 is 0. The van der Waals surface area contributed by atoms with Gasteiger partial charge in [0.2, 0.25) is 17.7 Å². The third kappa shape index (κ3) is 9.32. The molecule has 0 saturated heterocycles. The molecule has 0 aliphatic heterocycles. The Morgan fingerprint density at radius 2 is 1.16 bits per heavy atom. The molecule has 0 aromatic heterocycles.